The van der Waals surface area contributed by atoms with Crippen molar-refractivity contribution in [2.24, 2.45) is 5.92 Å². The van der Waals surface area contributed by atoms with E-state index in [9.17, 15) is 9.18 Å². The first kappa shape index (κ1) is 13.6. The fraction of sp³-hybridized carbons (Fsp3) is 0.364. The van der Waals surface area contributed by atoms with Crippen molar-refractivity contribution in [2.45, 2.75) is 18.7 Å². The van der Waals surface area contributed by atoms with E-state index < -0.39 is 5.82 Å². The summed E-state index contributed by atoms with van der Waals surface area (Å²) in [6.07, 6.45) is 0. The largest absolute Gasteiger partial charge is 0.325 e. The molecule has 0 bridgehead atoms. The minimum atomic E-state index is -0.395. The summed E-state index contributed by atoms with van der Waals surface area (Å²) >= 11 is 6.33. The Kier molecular flexibility index (Phi) is 4.92. The number of hydrogen-bond acceptors (Lipinski definition) is 1. The van der Waals surface area contributed by atoms with Gasteiger partial charge in [-0.05, 0) is 40.0 Å². The molecule has 0 heterocycles. The number of rotatable bonds is 3. The minimum Gasteiger partial charge on any atom is -0.325 e. The van der Waals surface area contributed by atoms with Crippen LogP contribution in [-0.4, -0.2) is 10.7 Å². The zero-order valence-electron chi connectivity index (χ0n) is 8.93. The molecule has 0 spiro atoms. The molecule has 0 aromatic heterocycles. The average molecular weight is 353 g/mol. The van der Waals surface area contributed by atoms with E-state index in [1.54, 1.807) is 12.1 Å². The Bertz CT molecular complexity index is 396. The highest BCUT2D eigenvalue weighted by Gasteiger charge is 2.18. The molecule has 0 aliphatic heterocycles. The zero-order chi connectivity index (χ0) is 12.3. The number of carbonyl (C=O) groups is 1. The highest BCUT2D eigenvalue weighted by molar-refractivity contribution is 9.10. The number of alkyl halides is 1. The van der Waals surface area contributed by atoms with Crippen molar-refractivity contribution in [1.82, 2.24) is 0 Å². The molecule has 1 rings (SSSR count). The molecule has 0 aliphatic carbocycles. The lowest BCUT2D eigenvalue weighted by molar-refractivity contribution is -0.116. The van der Waals surface area contributed by atoms with E-state index in [1.807, 2.05) is 13.8 Å². The SMILES string of the molecule is CC(C)C(Br)C(=O)Nc1ccc(Br)c(F)c1. The van der Waals surface area contributed by atoms with E-state index in [1.165, 1.54) is 6.07 Å². The molecule has 1 aromatic rings. The van der Waals surface area contributed by atoms with Crippen molar-refractivity contribution in [3.8, 4) is 0 Å². The summed E-state index contributed by atoms with van der Waals surface area (Å²) in [4.78, 5) is 11.4. The average Bonchev–Trinajstić information content (AvgIpc) is 2.22. The normalized spacial score (nSPS) is 12.6. The maximum Gasteiger partial charge on any atom is 0.238 e. The summed E-state index contributed by atoms with van der Waals surface area (Å²) in [5.41, 5.74) is 0.454. The van der Waals surface area contributed by atoms with Crippen molar-refractivity contribution in [1.29, 1.82) is 0 Å². The molecule has 88 valence electrons. The number of hydrogen-bond donors (Lipinski definition) is 1. The first-order chi connectivity index (χ1) is 7.41. The second-order valence-corrected chi connectivity index (χ2v) is 5.60. The summed E-state index contributed by atoms with van der Waals surface area (Å²) < 4.78 is 13.6. The van der Waals surface area contributed by atoms with Gasteiger partial charge in [0.15, 0.2) is 0 Å². The van der Waals surface area contributed by atoms with Gasteiger partial charge in [-0.25, -0.2) is 4.39 Å². The van der Waals surface area contributed by atoms with E-state index in [-0.39, 0.29) is 16.7 Å². The molecule has 2 nitrogen and oxygen atoms in total. The molecular formula is C11H12Br2FNO. The van der Waals surface area contributed by atoms with Crippen molar-refractivity contribution in [3.05, 3.63) is 28.5 Å². The van der Waals surface area contributed by atoms with Gasteiger partial charge < -0.3 is 5.32 Å². The molecule has 1 aromatic carbocycles. The Morgan fingerprint density at radius 2 is 2.06 bits per heavy atom. The molecule has 0 saturated heterocycles. The van der Waals surface area contributed by atoms with Gasteiger partial charge in [0.25, 0.3) is 0 Å². The third-order valence-corrected chi connectivity index (χ3v) is 4.14. The van der Waals surface area contributed by atoms with Crippen LogP contribution in [0.4, 0.5) is 10.1 Å². The summed E-state index contributed by atoms with van der Waals surface area (Å²) in [6, 6.07) is 4.48. The lowest BCUT2D eigenvalue weighted by atomic mass is 10.1. The Balaban J connectivity index is 2.74. The van der Waals surface area contributed by atoms with E-state index in [0.717, 1.165) is 0 Å². The van der Waals surface area contributed by atoms with Crippen molar-refractivity contribution in [2.75, 3.05) is 5.32 Å². The fourth-order valence-electron chi connectivity index (χ4n) is 1.09. The molecule has 0 saturated carbocycles. The van der Waals surface area contributed by atoms with Crippen LogP contribution in [0.2, 0.25) is 0 Å². The van der Waals surface area contributed by atoms with E-state index in [4.69, 9.17) is 0 Å². The number of amides is 1. The van der Waals surface area contributed by atoms with Gasteiger partial charge in [-0.3, -0.25) is 4.79 Å². The maximum atomic E-state index is 13.2. The highest BCUT2D eigenvalue weighted by Crippen LogP contribution is 2.21. The molecule has 0 fully saturated rings. The third-order valence-electron chi connectivity index (χ3n) is 2.02. The quantitative estimate of drug-likeness (QED) is 0.820. The smallest absolute Gasteiger partial charge is 0.238 e. The minimum absolute atomic E-state index is 0.170. The Labute approximate surface area is 111 Å². The van der Waals surface area contributed by atoms with Crippen LogP contribution in [-0.2, 0) is 4.79 Å². The van der Waals surface area contributed by atoms with Crippen LogP contribution < -0.4 is 5.32 Å². The first-order valence-electron chi connectivity index (χ1n) is 4.82. The van der Waals surface area contributed by atoms with Crippen LogP contribution in [0, 0.1) is 11.7 Å². The number of anilines is 1. The second kappa shape index (κ2) is 5.77. The van der Waals surface area contributed by atoms with E-state index in [0.29, 0.717) is 10.2 Å². The zero-order valence-corrected chi connectivity index (χ0v) is 12.1. The summed E-state index contributed by atoms with van der Waals surface area (Å²) in [5.74, 6) is -0.384. The molecule has 1 amide bonds. The standard InChI is InChI=1S/C11H12Br2FNO/c1-6(2)10(13)11(16)15-7-3-4-8(12)9(14)5-7/h3-6,10H,1-2H3,(H,15,16). The molecule has 1 unspecified atom stereocenters. The second-order valence-electron chi connectivity index (χ2n) is 3.76. The molecule has 16 heavy (non-hydrogen) atoms. The molecule has 0 aliphatic rings. The van der Waals surface area contributed by atoms with Crippen molar-refractivity contribution < 1.29 is 9.18 Å². The monoisotopic (exact) mass is 351 g/mol. The van der Waals surface area contributed by atoms with Crippen molar-refractivity contribution >= 4 is 43.5 Å². The van der Waals surface area contributed by atoms with Crippen LogP contribution in [0.3, 0.4) is 0 Å². The summed E-state index contributed by atoms with van der Waals surface area (Å²) in [7, 11) is 0. The summed E-state index contributed by atoms with van der Waals surface area (Å²) in [6.45, 7) is 3.86. The highest BCUT2D eigenvalue weighted by atomic mass is 79.9. The lowest BCUT2D eigenvalue weighted by Gasteiger charge is -2.13. The van der Waals surface area contributed by atoms with E-state index >= 15 is 0 Å². The van der Waals surface area contributed by atoms with Crippen LogP contribution in [0.25, 0.3) is 0 Å². The predicted octanol–water partition coefficient (Wildman–Crippen LogP) is 3.95. The number of nitrogens with one attached hydrogen (secondary N) is 1. The maximum absolute atomic E-state index is 13.2. The Hall–Kier alpha value is -0.420. The van der Waals surface area contributed by atoms with Gasteiger partial charge in [0.2, 0.25) is 5.91 Å². The van der Waals surface area contributed by atoms with Gasteiger partial charge >= 0.3 is 0 Å². The number of carbonyl (C=O) groups excluding carboxylic acids is 1. The Morgan fingerprint density at radius 1 is 1.44 bits per heavy atom. The van der Waals surface area contributed by atoms with Crippen molar-refractivity contribution in [3.63, 3.8) is 0 Å². The molecule has 5 heteroatoms. The van der Waals surface area contributed by atoms with Crippen LogP contribution in [0.15, 0.2) is 22.7 Å². The van der Waals surface area contributed by atoms with Gasteiger partial charge in [-0.1, -0.05) is 29.8 Å². The molecule has 1 N–H and O–H groups in total. The van der Waals surface area contributed by atoms with Gasteiger partial charge in [0.1, 0.15) is 5.82 Å². The molecule has 0 radical (unpaired) electrons. The lowest BCUT2D eigenvalue weighted by Crippen LogP contribution is -2.27. The van der Waals surface area contributed by atoms with Crippen LogP contribution in [0.1, 0.15) is 13.8 Å². The first-order valence-corrected chi connectivity index (χ1v) is 6.52. The predicted molar refractivity (Wildman–Crippen MR) is 70.3 cm³/mol. The third kappa shape index (κ3) is 3.56. The van der Waals surface area contributed by atoms with Gasteiger partial charge in [0.05, 0.1) is 9.30 Å². The summed E-state index contributed by atoms with van der Waals surface area (Å²) in [5, 5.41) is 2.64. The van der Waals surface area contributed by atoms with Gasteiger partial charge in [-0.15, -0.1) is 0 Å². The van der Waals surface area contributed by atoms with Crippen LogP contribution >= 0.6 is 31.9 Å². The topological polar surface area (TPSA) is 29.1 Å². The Morgan fingerprint density at radius 3 is 2.56 bits per heavy atom. The fourth-order valence-corrected chi connectivity index (χ4v) is 1.45. The molecule has 1 atom stereocenters. The number of halogens is 3. The van der Waals surface area contributed by atoms with Gasteiger partial charge in [-0.2, -0.15) is 0 Å². The number of benzene rings is 1. The van der Waals surface area contributed by atoms with Gasteiger partial charge in [0, 0.05) is 5.69 Å². The van der Waals surface area contributed by atoms with Crippen LogP contribution in [0.5, 0.6) is 0 Å². The molecular weight excluding hydrogens is 341 g/mol. The van der Waals surface area contributed by atoms with E-state index in [2.05, 4.69) is 37.2 Å².